The molecule has 1 N–H and O–H groups in total. The molecule has 1 heterocycles. The van der Waals surface area contributed by atoms with E-state index in [9.17, 15) is 4.79 Å². The topological polar surface area (TPSA) is 44.2 Å². The van der Waals surface area contributed by atoms with Gasteiger partial charge in [-0.15, -0.1) is 0 Å². The number of likely N-dealkylation sites (tertiary alicyclic amines) is 1. The molecule has 0 unspecified atom stereocenters. The molecule has 0 spiro atoms. The Hall–Kier alpha value is -0.860. The van der Waals surface area contributed by atoms with Crippen molar-refractivity contribution in [3.63, 3.8) is 0 Å². The van der Waals surface area contributed by atoms with E-state index >= 15 is 0 Å². The molecule has 0 aromatic rings. The molecule has 0 saturated carbocycles. The van der Waals surface area contributed by atoms with E-state index < -0.39 is 0 Å². The monoisotopic (exact) mass is 140 g/mol. The van der Waals surface area contributed by atoms with Crippen molar-refractivity contribution in [1.82, 2.24) is 4.90 Å². The summed E-state index contributed by atoms with van der Waals surface area (Å²) >= 11 is 0. The Morgan fingerprint density at radius 3 is 2.70 bits per heavy atom. The molecule has 1 rings (SSSR count). The van der Waals surface area contributed by atoms with Gasteiger partial charge in [0.05, 0.1) is 0 Å². The van der Waals surface area contributed by atoms with E-state index in [-0.39, 0.29) is 5.91 Å². The maximum atomic E-state index is 10.8. The largest absolute Gasteiger partial charge is 0.301 e. The molecule has 0 aromatic heterocycles. The van der Waals surface area contributed by atoms with Gasteiger partial charge in [-0.3, -0.25) is 10.2 Å². The van der Waals surface area contributed by atoms with E-state index in [2.05, 4.69) is 0 Å². The Labute approximate surface area is 60.5 Å². The summed E-state index contributed by atoms with van der Waals surface area (Å²) in [6.07, 6.45) is 2.87. The second-order valence-electron chi connectivity index (χ2n) is 2.57. The average molecular weight is 140 g/mol. The summed E-state index contributed by atoms with van der Waals surface area (Å²) in [7, 11) is 0. The molecule has 3 heteroatoms. The number of nitrogens with one attached hydrogen (secondary N) is 1. The Morgan fingerprint density at radius 1 is 1.60 bits per heavy atom. The average Bonchev–Trinajstić information content (AvgIpc) is 1.88. The van der Waals surface area contributed by atoms with Crippen LogP contribution < -0.4 is 0 Å². The molecule has 3 nitrogen and oxygen atoms in total. The van der Waals surface area contributed by atoms with Crippen LogP contribution in [0.5, 0.6) is 0 Å². The van der Waals surface area contributed by atoms with Gasteiger partial charge in [0, 0.05) is 19.9 Å². The quantitative estimate of drug-likeness (QED) is 0.536. The predicted octanol–water partition coefficient (Wildman–Crippen LogP) is 0.996. The summed E-state index contributed by atoms with van der Waals surface area (Å²) in [6.45, 7) is 2.26. The number of carbonyl (C=O) groups is 1. The van der Waals surface area contributed by atoms with Gasteiger partial charge in [0.15, 0.2) is 0 Å². The fraction of sp³-hybridized carbons (Fsp3) is 0.714. The van der Waals surface area contributed by atoms with Gasteiger partial charge in [-0.1, -0.05) is 0 Å². The number of carbonyl (C=O) groups excluding carboxylic acids is 1. The van der Waals surface area contributed by atoms with Crippen LogP contribution in [0.25, 0.3) is 0 Å². The van der Waals surface area contributed by atoms with Gasteiger partial charge in [-0.25, -0.2) is 0 Å². The van der Waals surface area contributed by atoms with Crippen molar-refractivity contribution < 1.29 is 4.79 Å². The van der Waals surface area contributed by atoms with Crippen LogP contribution in [0.3, 0.4) is 0 Å². The minimum atomic E-state index is 0.00435. The fourth-order valence-corrected chi connectivity index (χ4v) is 1.18. The summed E-state index contributed by atoms with van der Waals surface area (Å²) in [6, 6.07) is 0. The third-order valence-corrected chi connectivity index (χ3v) is 1.75. The van der Waals surface area contributed by atoms with E-state index in [4.69, 9.17) is 5.41 Å². The summed E-state index contributed by atoms with van der Waals surface area (Å²) in [4.78, 5) is 12.3. The Kier molecular flexibility index (Phi) is 2.04. The molecular formula is C7H12N2O. The molecular weight excluding hydrogens is 128 g/mol. The fourth-order valence-electron chi connectivity index (χ4n) is 1.18. The van der Waals surface area contributed by atoms with Gasteiger partial charge in [0.1, 0.15) is 5.84 Å². The predicted molar refractivity (Wildman–Crippen MR) is 39.0 cm³/mol. The first kappa shape index (κ1) is 7.25. The van der Waals surface area contributed by atoms with Crippen LogP contribution in [0, 0.1) is 5.41 Å². The molecule has 56 valence electrons. The van der Waals surface area contributed by atoms with Gasteiger partial charge in [-0.05, 0) is 12.8 Å². The van der Waals surface area contributed by atoms with E-state index in [0.29, 0.717) is 5.84 Å². The van der Waals surface area contributed by atoms with E-state index in [1.165, 1.54) is 6.92 Å². The van der Waals surface area contributed by atoms with Gasteiger partial charge in [0.2, 0.25) is 5.91 Å². The van der Waals surface area contributed by atoms with E-state index in [0.717, 1.165) is 25.8 Å². The molecule has 1 aliphatic heterocycles. The number of nitrogens with zero attached hydrogens (tertiary/aromatic N) is 1. The van der Waals surface area contributed by atoms with Crippen molar-refractivity contribution >= 4 is 11.7 Å². The normalized spacial score (nSPS) is 19.3. The first-order valence-corrected chi connectivity index (χ1v) is 3.57. The molecule has 10 heavy (non-hydrogen) atoms. The zero-order chi connectivity index (χ0) is 7.56. The second kappa shape index (κ2) is 2.82. The summed E-state index contributed by atoms with van der Waals surface area (Å²) in [5, 5.41) is 7.38. The lowest BCUT2D eigenvalue weighted by molar-refractivity contribution is -0.125. The maximum absolute atomic E-state index is 10.8. The van der Waals surface area contributed by atoms with Crippen LogP contribution in [0.15, 0.2) is 0 Å². The van der Waals surface area contributed by atoms with Gasteiger partial charge in [-0.2, -0.15) is 0 Å². The lowest BCUT2D eigenvalue weighted by Crippen LogP contribution is -2.38. The second-order valence-corrected chi connectivity index (χ2v) is 2.57. The highest BCUT2D eigenvalue weighted by Gasteiger charge is 2.17. The molecule has 0 aromatic carbocycles. The standard InChI is InChI=1S/C7H12N2O/c1-6(10)9-5-3-2-4-7(9)8/h8H,2-5H2,1H3. The molecule has 0 radical (unpaired) electrons. The van der Waals surface area contributed by atoms with Crippen LogP contribution in [-0.4, -0.2) is 23.2 Å². The highest BCUT2D eigenvalue weighted by atomic mass is 16.2. The SMILES string of the molecule is CC(=O)N1CCCCC1=N. The zero-order valence-corrected chi connectivity index (χ0v) is 6.18. The van der Waals surface area contributed by atoms with Crippen LogP contribution in [0.2, 0.25) is 0 Å². The Balaban J connectivity index is 2.56. The smallest absolute Gasteiger partial charge is 0.224 e. The van der Waals surface area contributed by atoms with E-state index in [1.54, 1.807) is 4.90 Å². The van der Waals surface area contributed by atoms with Gasteiger partial charge in [0.25, 0.3) is 0 Å². The highest BCUT2D eigenvalue weighted by Crippen LogP contribution is 2.10. The molecule has 1 amide bonds. The lowest BCUT2D eigenvalue weighted by Gasteiger charge is -2.25. The number of hydrogen-bond acceptors (Lipinski definition) is 2. The molecule has 0 aliphatic carbocycles. The first-order valence-electron chi connectivity index (χ1n) is 3.57. The van der Waals surface area contributed by atoms with Crippen molar-refractivity contribution in [3.8, 4) is 0 Å². The minimum Gasteiger partial charge on any atom is -0.301 e. The van der Waals surface area contributed by atoms with Crippen LogP contribution in [-0.2, 0) is 4.79 Å². The molecule has 0 atom stereocenters. The third kappa shape index (κ3) is 1.35. The number of amides is 1. The minimum absolute atomic E-state index is 0.00435. The molecule has 1 saturated heterocycles. The molecule has 0 bridgehead atoms. The van der Waals surface area contributed by atoms with Crippen LogP contribution >= 0.6 is 0 Å². The van der Waals surface area contributed by atoms with Crippen molar-refractivity contribution in [3.05, 3.63) is 0 Å². The summed E-state index contributed by atoms with van der Waals surface area (Å²) in [5.41, 5.74) is 0. The highest BCUT2D eigenvalue weighted by molar-refractivity contribution is 5.96. The molecule has 1 aliphatic rings. The first-order chi connectivity index (χ1) is 4.72. The third-order valence-electron chi connectivity index (χ3n) is 1.75. The van der Waals surface area contributed by atoms with Crippen molar-refractivity contribution in [2.45, 2.75) is 26.2 Å². The van der Waals surface area contributed by atoms with Gasteiger partial charge < -0.3 is 4.90 Å². The summed E-state index contributed by atoms with van der Waals surface area (Å²) < 4.78 is 0. The lowest BCUT2D eigenvalue weighted by atomic mass is 10.1. The Morgan fingerprint density at radius 2 is 2.30 bits per heavy atom. The van der Waals surface area contributed by atoms with Crippen LogP contribution in [0.1, 0.15) is 26.2 Å². The number of rotatable bonds is 0. The van der Waals surface area contributed by atoms with E-state index in [1.807, 2.05) is 0 Å². The molecule has 1 fully saturated rings. The Bertz CT molecular complexity index is 165. The maximum Gasteiger partial charge on any atom is 0.224 e. The van der Waals surface area contributed by atoms with Gasteiger partial charge >= 0.3 is 0 Å². The number of amidine groups is 1. The zero-order valence-electron chi connectivity index (χ0n) is 6.18. The number of hydrogen-bond donors (Lipinski definition) is 1. The van der Waals surface area contributed by atoms with Crippen LogP contribution in [0.4, 0.5) is 0 Å². The van der Waals surface area contributed by atoms with Crippen molar-refractivity contribution in [2.24, 2.45) is 0 Å². The van der Waals surface area contributed by atoms with Crippen molar-refractivity contribution in [1.29, 1.82) is 5.41 Å². The summed E-state index contributed by atoms with van der Waals surface area (Å²) in [5.74, 6) is 0.489. The number of piperidine rings is 1. The van der Waals surface area contributed by atoms with Crippen molar-refractivity contribution in [2.75, 3.05) is 6.54 Å².